The molecule has 1 amide bonds. The van der Waals surface area contributed by atoms with Crippen molar-refractivity contribution >= 4 is 32.9 Å². The number of hydrazone groups is 1. The van der Waals surface area contributed by atoms with Gasteiger partial charge in [0, 0.05) is 7.05 Å². The Balaban J connectivity index is 1.61. The number of amides is 1. The summed E-state index contributed by atoms with van der Waals surface area (Å²) in [5.74, 6) is -0.518. The lowest BCUT2D eigenvalue weighted by molar-refractivity contribution is -0.121. The third-order valence-corrected chi connectivity index (χ3v) is 6.09. The summed E-state index contributed by atoms with van der Waals surface area (Å²) in [7, 11) is -2.37. The normalized spacial score (nSPS) is 12.0. The third-order valence-electron chi connectivity index (χ3n) is 4.27. The third kappa shape index (κ3) is 4.62. The number of likely N-dealkylation sites (N-methyl/N-ethyl adjacent to an activating group) is 1. The maximum Gasteiger partial charge on any atom is 0.255 e. The molecule has 0 bridgehead atoms. The summed E-state index contributed by atoms with van der Waals surface area (Å²) in [6.07, 6.45) is 1.53. The van der Waals surface area contributed by atoms with Crippen LogP contribution in [-0.2, 0) is 14.8 Å². The Labute approximate surface area is 164 Å². The Kier molecular flexibility index (Phi) is 5.87. The van der Waals surface area contributed by atoms with E-state index in [2.05, 4.69) is 10.5 Å². The number of carbonyl (C=O) groups is 1. The Morgan fingerprint density at radius 3 is 2.43 bits per heavy atom. The van der Waals surface area contributed by atoms with Crippen LogP contribution in [0.5, 0.6) is 0 Å². The van der Waals surface area contributed by atoms with Gasteiger partial charge in [-0.1, -0.05) is 54.1 Å². The van der Waals surface area contributed by atoms with Gasteiger partial charge in [-0.3, -0.25) is 4.79 Å². The Bertz CT molecular complexity index is 1120. The van der Waals surface area contributed by atoms with Crippen LogP contribution in [0.15, 0.2) is 76.7 Å². The van der Waals surface area contributed by atoms with E-state index in [1.165, 1.54) is 25.4 Å². The molecule has 28 heavy (non-hydrogen) atoms. The van der Waals surface area contributed by atoms with Gasteiger partial charge in [-0.25, -0.2) is 13.8 Å². The van der Waals surface area contributed by atoms with Crippen LogP contribution in [0.25, 0.3) is 10.8 Å². The van der Waals surface area contributed by atoms with E-state index in [0.29, 0.717) is 0 Å². The van der Waals surface area contributed by atoms with Gasteiger partial charge < -0.3 is 0 Å². The predicted molar refractivity (Wildman–Crippen MR) is 111 cm³/mol. The topological polar surface area (TPSA) is 78.8 Å². The summed E-state index contributed by atoms with van der Waals surface area (Å²) in [5, 5.41) is 6.11. The van der Waals surface area contributed by atoms with Crippen molar-refractivity contribution in [3.63, 3.8) is 0 Å². The summed E-state index contributed by atoms with van der Waals surface area (Å²) in [4.78, 5) is 12.2. The first-order valence-electron chi connectivity index (χ1n) is 8.70. The number of nitrogens with zero attached hydrogens (tertiary/aromatic N) is 2. The molecule has 0 radical (unpaired) electrons. The highest BCUT2D eigenvalue weighted by atomic mass is 32.2. The van der Waals surface area contributed by atoms with Crippen molar-refractivity contribution in [3.05, 3.63) is 77.9 Å². The molecule has 0 aliphatic rings. The van der Waals surface area contributed by atoms with Crippen LogP contribution < -0.4 is 5.43 Å². The minimum absolute atomic E-state index is 0.146. The average molecular weight is 395 g/mol. The summed E-state index contributed by atoms with van der Waals surface area (Å²) < 4.78 is 26.0. The van der Waals surface area contributed by atoms with Gasteiger partial charge >= 0.3 is 0 Å². The van der Waals surface area contributed by atoms with Crippen LogP contribution in [0, 0.1) is 6.92 Å². The molecule has 0 atom stereocenters. The van der Waals surface area contributed by atoms with Crippen molar-refractivity contribution in [1.29, 1.82) is 0 Å². The van der Waals surface area contributed by atoms with Crippen LogP contribution in [0.2, 0.25) is 0 Å². The molecule has 3 aromatic carbocycles. The number of carbonyl (C=O) groups excluding carboxylic acids is 1. The highest BCUT2D eigenvalue weighted by Gasteiger charge is 2.22. The van der Waals surface area contributed by atoms with Crippen LogP contribution in [0.3, 0.4) is 0 Å². The van der Waals surface area contributed by atoms with Crippen LogP contribution >= 0.6 is 0 Å². The minimum Gasteiger partial charge on any atom is -0.272 e. The Morgan fingerprint density at radius 1 is 1.04 bits per heavy atom. The number of fused-ring (bicyclic) bond motifs is 1. The van der Waals surface area contributed by atoms with Crippen molar-refractivity contribution in [3.8, 4) is 0 Å². The number of aryl methyl sites for hydroxylation is 1. The molecule has 0 fully saturated rings. The van der Waals surface area contributed by atoms with Gasteiger partial charge in [-0.2, -0.15) is 9.41 Å². The quantitative estimate of drug-likeness (QED) is 0.515. The lowest BCUT2D eigenvalue weighted by atomic mass is 10.1. The molecule has 3 aromatic rings. The SMILES string of the molecule is Cc1ccc(S(=O)(=O)N(C)CC(=O)N/N=C/c2ccc3ccccc3c2)cc1. The molecular weight excluding hydrogens is 374 g/mol. The number of rotatable bonds is 6. The fourth-order valence-electron chi connectivity index (χ4n) is 2.68. The van der Waals surface area contributed by atoms with Crippen LogP contribution in [0.1, 0.15) is 11.1 Å². The largest absolute Gasteiger partial charge is 0.272 e. The van der Waals surface area contributed by atoms with E-state index < -0.39 is 15.9 Å². The lowest BCUT2D eigenvalue weighted by Gasteiger charge is -2.16. The van der Waals surface area contributed by atoms with Gasteiger partial charge in [-0.05, 0) is 41.5 Å². The van der Waals surface area contributed by atoms with E-state index in [-0.39, 0.29) is 11.4 Å². The highest BCUT2D eigenvalue weighted by Crippen LogP contribution is 2.15. The zero-order valence-corrected chi connectivity index (χ0v) is 16.5. The number of hydrogen-bond acceptors (Lipinski definition) is 4. The summed E-state index contributed by atoms with van der Waals surface area (Å²) >= 11 is 0. The second-order valence-electron chi connectivity index (χ2n) is 6.47. The predicted octanol–water partition coefficient (Wildman–Crippen LogP) is 2.92. The van der Waals surface area contributed by atoms with Gasteiger partial charge in [-0.15, -0.1) is 0 Å². The van der Waals surface area contributed by atoms with E-state index in [0.717, 1.165) is 26.2 Å². The number of benzene rings is 3. The molecule has 144 valence electrons. The molecule has 0 saturated carbocycles. The molecule has 0 heterocycles. The first kappa shape index (κ1) is 19.7. The molecule has 7 heteroatoms. The van der Waals surface area contributed by atoms with Crippen molar-refractivity contribution in [2.45, 2.75) is 11.8 Å². The zero-order chi connectivity index (χ0) is 20.1. The fraction of sp³-hybridized carbons (Fsp3) is 0.143. The van der Waals surface area contributed by atoms with E-state index >= 15 is 0 Å². The van der Waals surface area contributed by atoms with Crippen LogP contribution in [-0.4, -0.2) is 38.4 Å². The molecule has 0 saturated heterocycles. The van der Waals surface area contributed by atoms with Crippen molar-refractivity contribution in [1.82, 2.24) is 9.73 Å². The van der Waals surface area contributed by atoms with Crippen molar-refractivity contribution in [2.24, 2.45) is 5.10 Å². The average Bonchev–Trinajstić information content (AvgIpc) is 2.68. The van der Waals surface area contributed by atoms with E-state index in [1.54, 1.807) is 12.1 Å². The zero-order valence-electron chi connectivity index (χ0n) is 15.7. The standard InChI is InChI=1S/C21H21N3O3S/c1-16-7-11-20(12-8-16)28(26,27)24(2)15-21(25)23-22-14-17-9-10-18-5-3-4-6-19(18)13-17/h3-14H,15H2,1-2H3,(H,23,25)/b22-14+. The second-order valence-corrected chi connectivity index (χ2v) is 8.52. The molecule has 0 aromatic heterocycles. The summed E-state index contributed by atoms with van der Waals surface area (Å²) in [6, 6.07) is 20.2. The highest BCUT2D eigenvalue weighted by molar-refractivity contribution is 7.89. The van der Waals surface area contributed by atoms with Gasteiger partial charge in [0.05, 0.1) is 17.7 Å². The Morgan fingerprint density at radius 2 is 1.71 bits per heavy atom. The maximum absolute atomic E-state index is 12.5. The first-order valence-corrected chi connectivity index (χ1v) is 10.1. The summed E-state index contributed by atoms with van der Waals surface area (Å²) in [6.45, 7) is 1.55. The van der Waals surface area contributed by atoms with E-state index in [1.807, 2.05) is 49.4 Å². The number of hydrogen-bond donors (Lipinski definition) is 1. The molecule has 0 aliphatic heterocycles. The lowest BCUT2D eigenvalue weighted by Crippen LogP contribution is -2.36. The molecule has 0 aliphatic carbocycles. The van der Waals surface area contributed by atoms with Crippen molar-refractivity contribution < 1.29 is 13.2 Å². The second kappa shape index (κ2) is 8.33. The number of sulfonamides is 1. The fourth-order valence-corrected chi connectivity index (χ4v) is 3.81. The molecular formula is C21H21N3O3S. The van der Waals surface area contributed by atoms with Gasteiger partial charge in [0.15, 0.2) is 0 Å². The Hall–Kier alpha value is -3.03. The summed E-state index contributed by atoms with van der Waals surface area (Å²) in [5.41, 5.74) is 4.16. The van der Waals surface area contributed by atoms with Crippen LogP contribution in [0.4, 0.5) is 0 Å². The van der Waals surface area contributed by atoms with Gasteiger partial charge in [0.1, 0.15) is 0 Å². The van der Waals surface area contributed by atoms with E-state index in [9.17, 15) is 13.2 Å². The van der Waals surface area contributed by atoms with Gasteiger partial charge in [0.2, 0.25) is 10.0 Å². The van der Waals surface area contributed by atoms with Crippen molar-refractivity contribution in [2.75, 3.05) is 13.6 Å². The monoisotopic (exact) mass is 395 g/mol. The molecule has 1 N–H and O–H groups in total. The minimum atomic E-state index is -3.73. The molecule has 0 spiro atoms. The first-order chi connectivity index (χ1) is 13.4. The molecule has 3 rings (SSSR count). The van der Waals surface area contributed by atoms with E-state index in [4.69, 9.17) is 0 Å². The molecule has 6 nitrogen and oxygen atoms in total. The maximum atomic E-state index is 12.5. The smallest absolute Gasteiger partial charge is 0.255 e. The van der Waals surface area contributed by atoms with Gasteiger partial charge in [0.25, 0.3) is 5.91 Å². The number of nitrogens with one attached hydrogen (secondary N) is 1. The molecule has 0 unspecified atom stereocenters.